The smallest absolute Gasteiger partial charge is 0.316 e. The quantitative estimate of drug-likeness (QED) is 0.160. The second-order valence-electron chi connectivity index (χ2n) is 11.7. The lowest BCUT2D eigenvalue weighted by molar-refractivity contribution is -0.117. The third-order valence-corrected chi connectivity index (χ3v) is 8.19. The number of likely N-dealkylation sites (tertiary alicyclic amines) is 1. The van der Waals surface area contributed by atoms with Crippen LogP contribution in [0.25, 0.3) is 22.2 Å². The van der Waals surface area contributed by atoms with E-state index in [0.717, 1.165) is 70.5 Å². The maximum absolute atomic E-state index is 13.1. The molecule has 1 unspecified atom stereocenters. The number of aromatic amines is 1. The minimum atomic E-state index is -0.0812. The van der Waals surface area contributed by atoms with E-state index >= 15 is 0 Å². The van der Waals surface area contributed by atoms with Crippen LogP contribution in [0.4, 0.5) is 17.5 Å². The third kappa shape index (κ3) is 7.12. The van der Waals surface area contributed by atoms with Crippen LogP contribution in [0, 0.1) is 13.8 Å². The van der Waals surface area contributed by atoms with Crippen molar-refractivity contribution >= 4 is 34.3 Å². The molecule has 5 heterocycles. The average Bonchev–Trinajstić information content (AvgIpc) is 3.74. The highest BCUT2D eigenvalue weighted by Gasteiger charge is 2.26. The monoisotopic (exact) mass is 608 g/mol. The number of carbonyl (C=O) groups excluding carboxylic acids is 1. The van der Waals surface area contributed by atoms with Gasteiger partial charge < -0.3 is 20.4 Å². The van der Waals surface area contributed by atoms with Crippen molar-refractivity contribution in [2.24, 2.45) is 7.05 Å². The maximum Gasteiger partial charge on any atom is 0.316 e. The van der Waals surface area contributed by atoms with Gasteiger partial charge in [-0.1, -0.05) is 31.9 Å². The van der Waals surface area contributed by atoms with Gasteiger partial charge in [-0.15, -0.1) is 0 Å². The molecule has 234 valence electrons. The number of nitrogens with zero attached hydrogens (tertiary/aromatic N) is 7. The molecule has 4 aromatic heterocycles. The molecule has 1 saturated heterocycles. The van der Waals surface area contributed by atoms with Gasteiger partial charge in [0.2, 0.25) is 11.9 Å². The normalized spacial score (nSPS) is 15.1. The van der Waals surface area contributed by atoms with Gasteiger partial charge in [0.1, 0.15) is 6.10 Å². The zero-order valence-corrected chi connectivity index (χ0v) is 26.3. The van der Waals surface area contributed by atoms with Gasteiger partial charge in [-0.3, -0.25) is 14.4 Å². The molecule has 1 aliphatic rings. The minimum Gasteiger partial charge on any atom is -0.459 e. The molecule has 1 amide bonds. The van der Waals surface area contributed by atoms with Crippen molar-refractivity contribution in [1.29, 1.82) is 0 Å². The Labute approximate surface area is 262 Å². The molecular formula is C33H40N10O2. The van der Waals surface area contributed by atoms with Crippen LogP contribution in [0.2, 0.25) is 0 Å². The lowest BCUT2D eigenvalue weighted by Crippen LogP contribution is -2.33. The Hall–Kier alpha value is -4.84. The number of hydrogen-bond acceptors (Lipinski definition) is 9. The number of anilines is 3. The van der Waals surface area contributed by atoms with Crippen molar-refractivity contribution in [3.05, 3.63) is 65.9 Å². The molecule has 0 saturated carbocycles. The van der Waals surface area contributed by atoms with Gasteiger partial charge >= 0.3 is 6.01 Å². The summed E-state index contributed by atoms with van der Waals surface area (Å²) in [4.78, 5) is 36.6. The van der Waals surface area contributed by atoms with E-state index in [9.17, 15) is 4.79 Å². The highest BCUT2D eigenvalue weighted by molar-refractivity contribution is 6.06. The summed E-state index contributed by atoms with van der Waals surface area (Å²) in [5.74, 6) is 1.07. The molecular weight excluding hydrogens is 568 g/mol. The van der Waals surface area contributed by atoms with Crippen LogP contribution < -0.4 is 15.4 Å². The van der Waals surface area contributed by atoms with Crippen LogP contribution in [0.15, 0.2) is 49.1 Å². The van der Waals surface area contributed by atoms with E-state index in [1.165, 1.54) is 12.8 Å². The van der Waals surface area contributed by atoms with Crippen LogP contribution in [0.3, 0.4) is 0 Å². The fourth-order valence-electron chi connectivity index (χ4n) is 5.66. The zero-order valence-electron chi connectivity index (χ0n) is 26.3. The van der Waals surface area contributed by atoms with Gasteiger partial charge in [0.25, 0.3) is 0 Å². The summed E-state index contributed by atoms with van der Waals surface area (Å²) in [7, 11) is 1.89. The summed E-state index contributed by atoms with van der Waals surface area (Å²) in [5.41, 5.74) is 6.39. The molecule has 0 radical (unpaired) electrons. The predicted molar refractivity (Wildman–Crippen MR) is 175 cm³/mol. The summed E-state index contributed by atoms with van der Waals surface area (Å²) in [5, 5.41) is 11.7. The third-order valence-electron chi connectivity index (χ3n) is 8.19. The number of aryl methyl sites for hydroxylation is 4. The Balaban J connectivity index is 1.07. The van der Waals surface area contributed by atoms with E-state index < -0.39 is 0 Å². The van der Waals surface area contributed by atoms with E-state index in [1.54, 1.807) is 10.9 Å². The van der Waals surface area contributed by atoms with Crippen LogP contribution >= 0.6 is 0 Å². The second-order valence-corrected chi connectivity index (χ2v) is 11.7. The Morgan fingerprint density at radius 1 is 1.13 bits per heavy atom. The summed E-state index contributed by atoms with van der Waals surface area (Å²) in [6.07, 6.45) is 12.7. The van der Waals surface area contributed by atoms with Gasteiger partial charge in [0.15, 0.2) is 5.82 Å². The van der Waals surface area contributed by atoms with E-state index in [2.05, 4.69) is 47.5 Å². The first-order chi connectivity index (χ1) is 21.9. The Bertz CT molecular complexity index is 1760. The molecule has 12 heteroatoms. The first-order valence-corrected chi connectivity index (χ1v) is 15.6. The molecule has 1 atom stereocenters. The highest BCUT2D eigenvalue weighted by Crippen LogP contribution is 2.33. The number of fused-ring (bicyclic) bond motifs is 1. The number of carbonyl (C=O) groups is 1. The molecule has 0 aliphatic carbocycles. The topological polar surface area (TPSA) is 139 Å². The van der Waals surface area contributed by atoms with Crippen LogP contribution in [-0.4, -0.2) is 71.2 Å². The molecule has 6 rings (SSSR count). The summed E-state index contributed by atoms with van der Waals surface area (Å²) in [6, 6.07) is 8.21. The van der Waals surface area contributed by atoms with Crippen LogP contribution in [-0.2, 0) is 18.3 Å². The number of benzene rings is 1. The fraction of sp³-hybridized carbons (Fsp3) is 0.394. The van der Waals surface area contributed by atoms with Crippen molar-refractivity contribution in [3.63, 3.8) is 0 Å². The lowest BCUT2D eigenvalue weighted by atomic mass is 10.1. The minimum absolute atomic E-state index is 0.0460. The lowest BCUT2D eigenvalue weighted by Gasteiger charge is -2.16. The molecule has 0 bridgehead atoms. The standard InChI is InChI=1S/C33H40N10O2/c1-5-6-7-9-23-16-36-33(37-17-23)45-24-12-13-43(19-24)20-29(44)38-27-11-8-10-25-26(18-34-31(25)27)30-21(2)15-35-32(40-30)39-28-14-22(3)42(4)41-28/h8,10-11,14-18,24,34H,5-7,9,12-13,19-20H2,1-4H3,(H,38,44)(H,35,39,40,41). The maximum atomic E-state index is 13.1. The second kappa shape index (κ2) is 13.4. The molecule has 1 aromatic carbocycles. The Morgan fingerprint density at radius 2 is 1.98 bits per heavy atom. The van der Waals surface area contributed by atoms with Crippen LogP contribution in [0.5, 0.6) is 6.01 Å². The van der Waals surface area contributed by atoms with E-state index in [4.69, 9.17) is 9.72 Å². The van der Waals surface area contributed by atoms with Gasteiger partial charge in [0.05, 0.1) is 23.4 Å². The van der Waals surface area contributed by atoms with Crippen molar-refractivity contribution in [3.8, 4) is 17.3 Å². The number of H-pyrrole nitrogens is 1. The first kappa shape index (κ1) is 30.2. The summed E-state index contributed by atoms with van der Waals surface area (Å²) in [6.45, 7) is 7.86. The number of nitrogens with one attached hydrogen (secondary N) is 3. The largest absolute Gasteiger partial charge is 0.459 e. The average molecular weight is 609 g/mol. The first-order valence-electron chi connectivity index (χ1n) is 15.6. The molecule has 0 spiro atoms. The van der Waals surface area contributed by atoms with Crippen molar-refractivity contribution in [2.75, 3.05) is 30.3 Å². The summed E-state index contributed by atoms with van der Waals surface area (Å²) >= 11 is 0. The predicted octanol–water partition coefficient (Wildman–Crippen LogP) is 5.33. The number of hydrogen-bond donors (Lipinski definition) is 3. The zero-order chi connectivity index (χ0) is 31.3. The van der Waals surface area contributed by atoms with E-state index in [1.807, 2.05) is 63.8 Å². The number of ether oxygens (including phenoxy) is 1. The van der Waals surface area contributed by atoms with Gasteiger partial charge in [0, 0.05) is 67.6 Å². The number of unbranched alkanes of at least 4 members (excludes halogenated alkanes) is 2. The molecule has 12 nitrogen and oxygen atoms in total. The van der Waals surface area contributed by atoms with E-state index in [-0.39, 0.29) is 18.6 Å². The Kier molecular flexibility index (Phi) is 9.01. The fourth-order valence-corrected chi connectivity index (χ4v) is 5.66. The van der Waals surface area contributed by atoms with Gasteiger partial charge in [-0.05, 0) is 50.3 Å². The number of amides is 1. The van der Waals surface area contributed by atoms with Gasteiger partial charge in [-0.2, -0.15) is 5.10 Å². The van der Waals surface area contributed by atoms with Crippen LogP contribution in [0.1, 0.15) is 49.4 Å². The van der Waals surface area contributed by atoms with E-state index in [0.29, 0.717) is 24.3 Å². The molecule has 45 heavy (non-hydrogen) atoms. The highest BCUT2D eigenvalue weighted by atomic mass is 16.5. The molecule has 3 N–H and O–H groups in total. The summed E-state index contributed by atoms with van der Waals surface area (Å²) < 4.78 is 7.82. The molecule has 1 aliphatic heterocycles. The number of para-hydroxylation sites is 1. The molecule has 5 aromatic rings. The number of rotatable bonds is 12. The number of aromatic nitrogens is 7. The van der Waals surface area contributed by atoms with Crippen molar-refractivity contribution in [1.82, 2.24) is 39.6 Å². The van der Waals surface area contributed by atoms with Crippen molar-refractivity contribution < 1.29 is 9.53 Å². The van der Waals surface area contributed by atoms with Crippen molar-refractivity contribution in [2.45, 2.75) is 59.0 Å². The SMILES string of the molecule is CCCCCc1cnc(OC2CCN(CC(=O)Nc3cccc4c(-c5nc(Nc6cc(C)n(C)n6)ncc5C)c[nH]c34)C2)nc1. The molecule has 1 fully saturated rings. The Morgan fingerprint density at radius 3 is 2.76 bits per heavy atom. The van der Waals surface area contributed by atoms with Gasteiger partial charge in [-0.25, -0.2) is 19.9 Å².